The Kier molecular flexibility index (Phi) is 7.33. The molecule has 1 aromatic rings. The second-order valence-electron chi connectivity index (χ2n) is 6.71. The predicted octanol–water partition coefficient (Wildman–Crippen LogP) is 5.19. The average molecular weight is 340 g/mol. The Bertz CT molecular complexity index is 541. The standard InChI is InChI=1S/C18H31O2SSi/c1-6-8-14-22(5,15-9-7-2)17(4)21(19,20)18-12-10-16(3)11-13-18/h10-13,17H,4,6-9,14-15H2,1-3,5H3. The molecule has 22 heavy (non-hydrogen) atoms. The first-order valence-electron chi connectivity index (χ1n) is 8.41. The van der Waals surface area contributed by atoms with Crippen LogP contribution in [0.1, 0.15) is 45.1 Å². The van der Waals surface area contributed by atoms with Crippen molar-refractivity contribution in [2.45, 2.75) is 74.9 Å². The van der Waals surface area contributed by atoms with Crippen molar-refractivity contribution in [3.63, 3.8) is 0 Å². The van der Waals surface area contributed by atoms with Crippen LogP contribution in [-0.2, 0) is 9.84 Å². The van der Waals surface area contributed by atoms with Crippen molar-refractivity contribution in [3.05, 3.63) is 36.8 Å². The third kappa shape index (κ3) is 4.69. The van der Waals surface area contributed by atoms with Gasteiger partial charge in [0.05, 0.1) is 17.8 Å². The van der Waals surface area contributed by atoms with E-state index in [0.29, 0.717) is 4.90 Å². The molecule has 1 rings (SSSR count). The highest BCUT2D eigenvalue weighted by atomic mass is 32.2. The van der Waals surface area contributed by atoms with Gasteiger partial charge in [0.1, 0.15) is 0 Å². The van der Waals surface area contributed by atoms with Crippen molar-refractivity contribution in [2.24, 2.45) is 0 Å². The lowest BCUT2D eigenvalue weighted by Crippen LogP contribution is -2.47. The van der Waals surface area contributed by atoms with Crippen molar-refractivity contribution in [1.29, 1.82) is 0 Å². The molecule has 0 amide bonds. The highest BCUT2D eigenvalue weighted by molar-refractivity contribution is 7.94. The van der Waals surface area contributed by atoms with E-state index in [2.05, 4.69) is 27.3 Å². The minimum absolute atomic E-state index is 0.435. The molecule has 1 atom stereocenters. The Morgan fingerprint density at radius 3 is 1.91 bits per heavy atom. The van der Waals surface area contributed by atoms with E-state index >= 15 is 0 Å². The molecule has 2 nitrogen and oxygen atoms in total. The number of rotatable bonds is 9. The lowest BCUT2D eigenvalue weighted by atomic mass is 10.2. The monoisotopic (exact) mass is 339 g/mol. The van der Waals surface area contributed by atoms with E-state index in [1.54, 1.807) is 12.1 Å². The zero-order chi connectivity index (χ0) is 16.8. The van der Waals surface area contributed by atoms with Crippen LogP contribution in [0.5, 0.6) is 0 Å². The van der Waals surface area contributed by atoms with Gasteiger partial charge in [-0.1, -0.05) is 75.9 Å². The Balaban J connectivity index is 3.09. The fourth-order valence-electron chi connectivity index (χ4n) is 2.87. The molecular weight excluding hydrogens is 308 g/mol. The molecule has 125 valence electrons. The molecule has 0 saturated carbocycles. The molecule has 0 bridgehead atoms. The fourth-order valence-corrected chi connectivity index (χ4v) is 11.0. The second kappa shape index (κ2) is 8.30. The first-order valence-corrected chi connectivity index (χ1v) is 13.0. The normalized spacial score (nSPS) is 14.0. The van der Waals surface area contributed by atoms with Crippen LogP contribution in [0.2, 0.25) is 18.6 Å². The van der Waals surface area contributed by atoms with E-state index in [9.17, 15) is 8.42 Å². The molecule has 4 heteroatoms. The second-order valence-corrected chi connectivity index (χ2v) is 14.3. The summed E-state index contributed by atoms with van der Waals surface area (Å²) < 4.78 is 26.0. The zero-order valence-corrected chi connectivity index (χ0v) is 16.4. The van der Waals surface area contributed by atoms with Crippen molar-refractivity contribution >= 4 is 17.9 Å². The molecular formula is C18H31O2SSi. The number of benzene rings is 1. The quantitative estimate of drug-likeness (QED) is 0.580. The van der Waals surface area contributed by atoms with E-state index in [0.717, 1.165) is 43.3 Å². The van der Waals surface area contributed by atoms with Gasteiger partial charge in [-0.25, -0.2) is 8.42 Å². The molecule has 0 aliphatic rings. The number of hydrogen-bond acceptors (Lipinski definition) is 2. The van der Waals surface area contributed by atoms with E-state index in [1.165, 1.54) is 0 Å². The summed E-state index contributed by atoms with van der Waals surface area (Å²) in [4.78, 5) is -0.0226. The van der Waals surface area contributed by atoms with Crippen LogP contribution in [0.25, 0.3) is 0 Å². The predicted molar refractivity (Wildman–Crippen MR) is 98.6 cm³/mol. The first kappa shape index (κ1) is 19.4. The van der Waals surface area contributed by atoms with E-state index in [4.69, 9.17) is 0 Å². The van der Waals surface area contributed by atoms with Crippen LogP contribution in [0.4, 0.5) is 0 Å². The lowest BCUT2D eigenvalue weighted by Gasteiger charge is -2.33. The average Bonchev–Trinajstić information content (AvgIpc) is 2.50. The highest BCUT2D eigenvalue weighted by Gasteiger charge is 2.41. The Morgan fingerprint density at radius 2 is 1.50 bits per heavy atom. The zero-order valence-electron chi connectivity index (χ0n) is 14.6. The van der Waals surface area contributed by atoms with Gasteiger partial charge in [0.15, 0.2) is 9.84 Å². The molecule has 0 spiro atoms. The largest absolute Gasteiger partial charge is 0.224 e. The van der Waals surface area contributed by atoms with Crippen LogP contribution < -0.4 is 0 Å². The SMILES string of the molecule is [CH2]C([Si](C)(CCCC)CCCC)S(=O)(=O)c1ccc(C)cc1. The third-order valence-corrected chi connectivity index (χ3v) is 13.6. The summed E-state index contributed by atoms with van der Waals surface area (Å²) >= 11 is 0. The molecule has 0 N–H and O–H groups in total. The molecule has 0 aliphatic heterocycles. The molecule has 0 aromatic heterocycles. The van der Waals surface area contributed by atoms with Crippen LogP contribution in [0, 0.1) is 13.8 Å². The lowest BCUT2D eigenvalue weighted by molar-refractivity contribution is 0.594. The topological polar surface area (TPSA) is 34.1 Å². The Hall–Kier alpha value is -0.613. The molecule has 1 radical (unpaired) electrons. The fraction of sp³-hybridized carbons (Fsp3) is 0.611. The van der Waals surface area contributed by atoms with Gasteiger partial charge in [0.2, 0.25) is 0 Å². The summed E-state index contributed by atoms with van der Waals surface area (Å²) in [5.41, 5.74) is 1.08. The van der Waals surface area contributed by atoms with Gasteiger partial charge in [-0.15, -0.1) is 0 Å². The van der Waals surface area contributed by atoms with Gasteiger partial charge >= 0.3 is 0 Å². The van der Waals surface area contributed by atoms with Crippen LogP contribution in [-0.4, -0.2) is 21.4 Å². The van der Waals surface area contributed by atoms with Crippen molar-refractivity contribution in [1.82, 2.24) is 0 Å². The number of sulfone groups is 1. The van der Waals surface area contributed by atoms with Crippen molar-refractivity contribution in [2.75, 3.05) is 0 Å². The summed E-state index contributed by atoms with van der Waals surface area (Å²) in [6.07, 6.45) is 4.46. The maximum Gasteiger partial charge on any atom is 0.178 e. The number of hydrogen-bond donors (Lipinski definition) is 0. The molecule has 0 heterocycles. The van der Waals surface area contributed by atoms with E-state index < -0.39 is 22.8 Å². The minimum atomic E-state index is -3.32. The summed E-state index contributed by atoms with van der Waals surface area (Å²) in [6.45, 7) is 12.7. The third-order valence-electron chi connectivity index (χ3n) is 4.70. The molecule has 0 aliphatic carbocycles. The molecule has 0 saturated heterocycles. The molecule has 1 aromatic carbocycles. The van der Waals surface area contributed by atoms with Crippen molar-refractivity contribution < 1.29 is 8.42 Å². The summed E-state index contributed by atoms with van der Waals surface area (Å²) in [7, 11) is -5.25. The van der Waals surface area contributed by atoms with Gasteiger partial charge in [-0.3, -0.25) is 0 Å². The van der Waals surface area contributed by atoms with Gasteiger partial charge in [0.25, 0.3) is 0 Å². The smallest absolute Gasteiger partial charge is 0.178 e. The summed E-state index contributed by atoms with van der Waals surface area (Å²) in [6, 6.07) is 9.33. The minimum Gasteiger partial charge on any atom is -0.224 e. The maximum absolute atomic E-state index is 13.0. The van der Waals surface area contributed by atoms with Gasteiger partial charge in [-0.05, 0) is 26.0 Å². The Morgan fingerprint density at radius 1 is 1.05 bits per heavy atom. The van der Waals surface area contributed by atoms with E-state index in [-0.39, 0.29) is 0 Å². The van der Waals surface area contributed by atoms with Gasteiger partial charge < -0.3 is 0 Å². The van der Waals surface area contributed by atoms with Crippen molar-refractivity contribution in [3.8, 4) is 0 Å². The summed E-state index contributed by atoms with van der Waals surface area (Å²) in [5.74, 6) is 0. The Labute approximate surface area is 138 Å². The number of unbranched alkanes of at least 4 members (excludes halogenated alkanes) is 2. The molecule has 0 fully saturated rings. The van der Waals surface area contributed by atoms with Gasteiger partial charge in [0, 0.05) is 0 Å². The van der Waals surface area contributed by atoms with Crippen LogP contribution in [0.3, 0.4) is 0 Å². The summed E-state index contributed by atoms with van der Waals surface area (Å²) in [5, 5.41) is 0. The maximum atomic E-state index is 13.0. The van der Waals surface area contributed by atoms with Crippen LogP contribution in [0.15, 0.2) is 29.2 Å². The first-order chi connectivity index (χ1) is 10.3. The highest BCUT2D eigenvalue weighted by Crippen LogP contribution is 2.32. The van der Waals surface area contributed by atoms with Crippen LogP contribution >= 0.6 is 0 Å². The number of aryl methyl sites for hydroxylation is 1. The molecule has 1 unspecified atom stereocenters. The van der Waals surface area contributed by atoms with E-state index in [1.807, 2.05) is 19.1 Å². The van der Waals surface area contributed by atoms with Gasteiger partial charge in [-0.2, -0.15) is 0 Å².